The molecule has 31 heavy (non-hydrogen) atoms. The number of hydrogen-bond acceptors (Lipinski definition) is 5. The molecule has 2 atom stereocenters. The second kappa shape index (κ2) is 8.29. The molecular weight excluding hydrogens is 507 g/mol. The van der Waals surface area contributed by atoms with E-state index in [9.17, 15) is 4.79 Å². The highest BCUT2D eigenvalue weighted by atomic mass is 127. The van der Waals surface area contributed by atoms with Crippen LogP contribution in [0.2, 0.25) is 0 Å². The van der Waals surface area contributed by atoms with E-state index < -0.39 is 0 Å². The third-order valence-corrected chi connectivity index (χ3v) is 6.23. The monoisotopic (exact) mass is 531 g/mol. The summed E-state index contributed by atoms with van der Waals surface area (Å²) >= 11 is 2.28. The minimum atomic E-state index is -0.210. The highest BCUT2D eigenvalue weighted by Crippen LogP contribution is 2.19. The maximum absolute atomic E-state index is 13.1. The molecule has 1 saturated heterocycles. The number of benzene rings is 1. The zero-order valence-corrected chi connectivity index (χ0v) is 19.6. The van der Waals surface area contributed by atoms with Gasteiger partial charge in [-0.3, -0.25) is 9.47 Å². The van der Waals surface area contributed by atoms with Gasteiger partial charge in [0.25, 0.3) is 12.0 Å². The van der Waals surface area contributed by atoms with Crippen molar-refractivity contribution in [2.24, 2.45) is 0 Å². The Morgan fingerprint density at radius 3 is 2.74 bits per heavy atom. The topological polar surface area (TPSA) is 78.8 Å². The first kappa shape index (κ1) is 20.5. The molecule has 0 bridgehead atoms. The van der Waals surface area contributed by atoms with Gasteiger partial charge in [0.05, 0.1) is 24.1 Å². The lowest BCUT2D eigenvalue weighted by atomic mass is 10.1. The van der Waals surface area contributed by atoms with Gasteiger partial charge in [-0.25, -0.2) is 14.8 Å². The van der Waals surface area contributed by atoms with Crippen LogP contribution in [-0.2, 0) is 17.8 Å². The van der Waals surface area contributed by atoms with Crippen LogP contribution in [0.15, 0.2) is 47.7 Å². The molecule has 4 aromatic rings. The highest BCUT2D eigenvalue weighted by molar-refractivity contribution is 14.1. The number of pyridine rings is 1. The van der Waals surface area contributed by atoms with Crippen molar-refractivity contribution in [3.05, 3.63) is 68.0 Å². The molecule has 3 aromatic heterocycles. The lowest BCUT2D eigenvalue weighted by molar-refractivity contribution is -0.345. The molecule has 1 N–H and O–H groups in total. The standard InChI is InChI=1S/C22H23IN6O2/c1-14-9-27(10-15(2)31-14)11-17-7-19-20(24-8-17)28(12-16-4-3-5-18(23)6-16)22(30)29-21(19)25-13-26-29/h3-8,13-15H,9-12H2,1-2H3/p+1/t14-,15+. The third-order valence-electron chi connectivity index (χ3n) is 5.56. The Bertz CT molecular complexity index is 1310. The fourth-order valence-corrected chi connectivity index (χ4v) is 5.02. The first-order valence-corrected chi connectivity index (χ1v) is 11.4. The third kappa shape index (κ3) is 4.09. The first-order valence-electron chi connectivity index (χ1n) is 10.4. The smallest absolute Gasteiger partial charge is 0.373 e. The van der Waals surface area contributed by atoms with Crippen LogP contribution in [0.25, 0.3) is 16.7 Å². The maximum Gasteiger partial charge on any atom is 0.425 e. The second-order valence-electron chi connectivity index (χ2n) is 8.21. The fraction of sp³-hybridized carbons (Fsp3) is 0.364. The maximum atomic E-state index is 13.1. The lowest BCUT2D eigenvalue weighted by Crippen LogP contribution is -2.44. The van der Waals surface area contributed by atoms with Gasteiger partial charge in [0, 0.05) is 34.5 Å². The van der Waals surface area contributed by atoms with E-state index >= 15 is 0 Å². The van der Waals surface area contributed by atoms with Crippen LogP contribution in [0.4, 0.5) is 0 Å². The first-order chi connectivity index (χ1) is 15.0. The van der Waals surface area contributed by atoms with E-state index in [1.54, 1.807) is 10.9 Å². The van der Waals surface area contributed by atoms with E-state index in [-0.39, 0.29) is 17.9 Å². The molecule has 8 nitrogen and oxygen atoms in total. The van der Waals surface area contributed by atoms with Crippen molar-refractivity contribution in [1.82, 2.24) is 24.1 Å². The largest absolute Gasteiger partial charge is 0.425 e. The number of aromatic amines is 1. The zero-order chi connectivity index (χ0) is 21.5. The molecule has 5 rings (SSSR count). The van der Waals surface area contributed by atoms with Crippen molar-refractivity contribution in [2.45, 2.75) is 39.1 Å². The number of morpholine rings is 1. The molecule has 0 saturated carbocycles. The van der Waals surface area contributed by atoms with Crippen LogP contribution < -0.4 is 10.7 Å². The van der Waals surface area contributed by atoms with Crippen LogP contribution in [-0.4, -0.2) is 49.4 Å². The Morgan fingerprint density at radius 2 is 1.97 bits per heavy atom. The Morgan fingerprint density at radius 1 is 1.16 bits per heavy atom. The Balaban J connectivity index is 1.58. The SMILES string of the molecule is C[C@@H]1CN(Cc2cnc3c(c2)c2[nH+]cnn2c(=O)n3Cc2cccc(I)c2)C[C@H](C)O1. The van der Waals surface area contributed by atoms with E-state index in [1.807, 2.05) is 24.4 Å². The number of nitrogens with zero attached hydrogens (tertiary/aromatic N) is 5. The minimum absolute atomic E-state index is 0.210. The number of H-pyrrole nitrogens is 1. The van der Waals surface area contributed by atoms with Crippen molar-refractivity contribution < 1.29 is 9.72 Å². The van der Waals surface area contributed by atoms with E-state index in [0.717, 1.165) is 39.7 Å². The van der Waals surface area contributed by atoms with Gasteiger partial charge in [-0.15, -0.1) is 0 Å². The number of fused-ring (bicyclic) bond motifs is 3. The predicted molar refractivity (Wildman–Crippen MR) is 125 cm³/mol. The van der Waals surface area contributed by atoms with E-state index in [1.165, 1.54) is 4.52 Å². The number of ether oxygens (including phenoxy) is 1. The lowest BCUT2D eigenvalue weighted by Gasteiger charge is -2.35. The Hall–Kier alpha value is -2.37. The van der Waals surface area contributed by atoms with E-state index in [0.29, 0.717) is 17.8 Å². The molecule has 1 aromatic carbocycles. The summed E-state index contributed by atoms with van der Waals surface area (Å²) in [6, 6.07) is 10.3. The van der Waals surface area contributed by atoms with Crippen LogP contribution in [0.3, 0.4) is 0 Å². The minimum Gasteiger partial charge on any atom is -0.373 e. The van der Waals surface area contributed by atoms with Gasteiger partial charge in [0.2, 0.25) is 0 Å². The van der Waals surface area contributed by atoms with Crippen LogP contribution in [0.5, 0.6) is 0 Å². The molecule has 0 radical (unpaired) electrons. The summed E-state index contributed by atoms with van der Waals surface area (Å²) in [6.45, 7) is 7.22. The van der Waals surface area contributed by atoms with Crippen molar-refractivity contribution in [3.8, 4) is 0 Å². The van der Waals surface area contributed by atoms with Gasteiger partial charge < -0.3 is 4.74 Å². The molecule has 0 amide bonds. The van der Waals surface area contributed by atoms with Gasteiger partial charge in [-0.2, -0.15) is 0 Å². The summed E-state index contributed by atoms with van der Waals surface area (Å²) in [6.07, 6.45) is 3.85. The van der Waals surface area contributed by atoms with Gasteiger partial charge >= 0.3 is 5.69 Å². The average Bonchev–Trinajstić information content (AvgIpc) is 3.21. The van der Waals surface area contributed by atoms with Crippen molar-refractivity contribution >= 4 is 39.3 Å². The summed E-state index contributed by atoms with van der Waals surface area (Å²) in [5.74, 6) is 0. The molecule has 0 aliphatic carbocycles. The molecule has 9 heteroatoms. The molecule has 160 valence electrons. The van der Waals surface area contributed by atoms with Gasteiger partial charge in [-0.1, -0.05) is 12.1 Å². The molecule has 0 unspecified atom stereocenters. The number of rotatable bonds is 4. The number of aromatic nitrogens is 5. The highest BCUT2D eigenvalue weighted by Gasteiger charge is 2.24. The number of halogens is 1. The number of nitrogens with one attached hydrogen (secondary N) is 1. The quantitative estimate of drug-likeness (QED) is 0.377. The van der Waals surface area contributed by atoms with Crippen LogP contribution in [0.1, 0.15) is 25.0 Å². The second-order valence-corrected chi connectivity index (χ2v) is 9.46. The summed E-state index contributed by atoms with van der Waals surface area (Å²) in [5.41, 5.74) is 3.26. The summed E-state index contributed by atoms with van der Waals surface area (Å²) in [5, 5.41) is 5.11. The number of hydrogen-bond donors (Lipinski definition) is 0. The van der Waals surface area contributed by atoms with Crippen LogP contribution >= 0.6 is 22.6 Å². The predicted octanol–water partition coefficient (Wildman–Crippen LogP) is 2.12. The molecule has 1 aliphatic rings. The molecule has 4 heterocycles. The normalized spacial score (nSPS) is 20.0. The van der Waals surface area contributed by atoms with Gasteiger partial charge in [-0.05, 0) is 70.3 Å². The zero-order valence-electron chi connectivity index (χ0n) is 17.5. The molecule has 1 fully saturated rings. The summed E-state index contributed by atoms with van der Waals surface area (Å²) in [7, 11) is 0. The van der Waals surface area contributed by atoms with E-state index in [4.69, 9.17) is 9.72 Å². The van der Waals surface area contributed by atoms with Crippen LogP contribution in [0, 0.1) is 3.57 Å². The summed E-state index contributed by atoms with van der Waals surface area (Å²) < 4.78 is 10.1. The molecule has 0 spiro atoms. The van der Waals surface area contributed by atoms with E-state index in [2.05, 4.69) is 63.6 Å². The molecular formula is C22H24IN6O2+. The Kier molecular flexibility index (Phi) is 5.49. The van der Waals surface area contributed by atoms with Crippen molar-refractivity contribution in [2.75, 3.05) is 13.1 Å². The Labute approximate surface area is 193 Å². The van der Waals surface area contributed by atoms with Gasteiger partial charge in [0.1, 0.15) is 0 Å². The average molecular weight is 531 g/mol. The fourth-order valence-electron chi connectivity index (χ4n) is 4.42. The van der Waals surface area contributed by atoms with Gasteiger partial charge in [0.15, 0.2) is 5.65 Å². The van der Waals surface area contributed by atoms with Crippen molar-refractivity contribution in [3.63, 3.8) is 0 Å². The summed E-state index contributed by atoms with van der Waals surface area (Å²) in [4.78, 5) is 23.4. The molecule has 1 aliphatic heterocycles. The van der Waals surface area contributed by atoms with Crippen molar-refractivity contribution in [1.29, 1.82) is 0 Å².